The molecule has 1 heterocycles. The van der Waals surface area contributed by atoms with Crippen LogP contribution >= 0.6 is 15.9 Å². The van der Waals surface area contributed by atoms with Gasteiger partial charge in [0.05, 0.1) is 0 Å². The average molecular weight is 341 g/mol. The van der Waals surface area contributed by atoms with Gasteiger partial charge >= 0.3 is 0 Å². The minimum atomic E-state index is -3.68. The lowest BCUT2D eigenvalue weighted by atomic mass is 10.3. The molecule has 0 spiro atoms. The van der Waals surface area contributed by atoms with E-state index in [9.17, 15) is 8.42 Å². The molecule has 18 heavy (non-hydrogen) atoms. The van der Waals surface area contributed by atoms with Gasteiger partial charge in [-0.3, -0.25) is 0 Å². The van der Waals surface area contributed by atoms with Gasteiger partial charge in [-0.25, -0.2) is 13.1 Å². The van der Waals surface area contributed by atoms with Gasteiger partial charge in [-0.05, 0) is 36.2 Å². The van der Waals surface area contributed by atoms with Crippen LogP contribution in [0.2, 0.25) is 0 Å². The summed E-state index contributed by atoms with van der Waals surface area (Å²) in [5.41, 5.74) is 0. The highest BCUT2D eigenvalue weighted by molar-refractivity contribution is 9.10. The fourth-order valence-corrected chi connectivity index (χ4v) is 4.30. The standard InChI is InChI=1S/C9H17BrN4O3S/c1-7(2)14(5-4-6-15)18(16,17)9-8(10)11-12-13(9)3/h7,15H,4-6H2,1-3H3. The first-order valence-corrected chi connectivity index (χ1v) is 7.73. The number of nitrogens with zero attached hydrogens (tertiary/aromatic N) is 4. The number of aryl methyl sites for hydroxylation is 1. The van der Waals surface area contributed by atoms with Crippen molar-refractivity contribution in [1.82, 2.24) is 19.3 Å². The molecule has 0 unspecified atom stereocenters. The first-order valence-electron chi connectivity index (χ1n) is 5.50. The van der Waals surface area contributed by atoms with Crippen molar-refractivity contribution in [3.05, 3.63) is 4.60 Å². The zero-order valence-corrected chi connectivity index (χ0v) is 12.9. The lowest BCUT2D eigenvalue weighted by Gasteiger charge is -2.25. The Morgan fingerprint density at radius 2 is 2.11 bits per heavy atom. The largest absolute Gasteiger partial charge is 0.396 e. The highest BCUT2D eigenvalue weighted by Crippen LogP contribution is 2.23. The highest BCUT2D eigenvalue weighted by Gasteiger charge is 2.32. The van der Waals surface area contributed by atoms with Crippen molar-refractivity contribution < 1.29 is 13.5 Å². The maximum atomic E-state index is 12.5. The second kappa shape index (κ2) is 6.09. The fraction of sp³-hybridized carbons (Fsp3) is 0.778. The Morgan fingerprint density at radius 3 is 2.50 bits per heavy atom. The summed E-state index contributed by atoms with van der Waals surface area (Å²) in [7, 11) is -2.15. The zero-order valence-electron chi connectivity index (χ0n) is 10.5. The van der Waals surface area contributed by atoms with Gasteiger partial charge in [-0.1, -0.05) is 5.21 Å². The molecule has 7 nitrogen and oxygen atoms in total. The Kier molecular flexibility index (Phi) is 5.26. The van der Waals surface area contributed by atoms with Crippen LogP contribution in [-0.4, -0.2) is 52.0 Å². The molecule has 0 bridgehead atoms. The summed E-state index contributed by atoms with van der Waals surface area (Å²) in [5, 5.41) is 16.2. The second-order valence-electron chi connectivity index (χ2n) is 4.10. The minimum Gasteiger partial charge on any atom is -0.396 e. The van der Waals surface area contributed by atoms with Crippen LogP contribution in [0.4, 0.5) is 0 Å². The summed E-state index contributed by atoms with van der Waals surface area (Å²) in [6.45, 7) is 3.77. The van der Waals surface area contributed by atoms with Crippen molar-refractivity contribution >= 4 is 26.0 Å². The van der Waals surface area contributed by atoms with E-state index in [1.807, 2.05) is 0 Å². The number of hydrogen-bond acceptors (Lipinski definition) is 5. The highest BCUT2D eigenvalue weighted by atomic mass is 79.9. The summed E-state index contributed by atoms with van der Waals surface area (Å²) >= 11 is 3.09. The Balaban J connectivity index is 3.17. The quantitative estimate of drug-likeness (QED) is 0.807. The van der Waals surface area contributed by atoms with E-state index in [1.54, 1.807) is 13.8 Å². The summed E-state index contributed by atoms with van der Waals surface area (Å²) in [4.78, 5) is 0. The maximum Gasteiger partial charge on any atom is 0.263 e. The summed E-state index contributed by atoms with van der Waals surface area (Å²) in [6.07, 6.45) is 0.389. The SMILES string of the molecule is CC(C)N(CCCO)S(=O)(=O)c1c(Br)nnn1C. The van der Waals surface area contributed by atoms with Gasteiger partial charge in [0.1, 0.15) is 0 Å². The molecule has 0 amide bonds. The number of halogens is 1. The van der Waals surface area contributed by atoms with Crippen molar-refractivity contribution in [2.45, 2.75) is 31.3 Å². The van der Waals surface area contributed by atoms with Crippen LogP contribution in [-0.2, 0) is 17.1 Å². The van der Waals surface area contributed by atoms with Gasteiger partial charge in [-0.2, -0.15) is 4.31 Å². The van der Waals surface area contributed by atoms with Crippen LogP contribution in [0.3, 0.4) is 0 Å². The number of aromatic nitrogens is 3. The molecule has 104 valence electrons. The van der Waals surface area contributed by atoms with E-state index in [4.69, 9.17) is 5.11 Å². The number of sulfonamides is 1. The van der Waals surface area contributed by atoms with Gasteiger partial charge in [-0.15, -0.1) is 5.10 Å². The average Bonchev–Trinajstić information content (AvgIpc) is 2.58. The smallest absolute Gasteiger partial charge is 0.263 e. The molecule has 0 saturated heterocycles. The number of hydrogen-bond donors (Lipinski definition) is 1. The molecule has 1 aromatic heterocycles. The topological polar surface area (TPSA) is 88.3 Å². The van der Waals surface area contributed by atoms with E-state index >= 15 is 0 Å². The first-order chi connectivity index (χ1) is 8.32. The van der Waals surface area contributed by atoms with Crippen molar-refractivity contribution in [1.29, 1.82) is 0 Å². The number of aliphatic hydroxyl groups excluding tert-OH is 1. The molecule has 9 heteroatoms. The fourth-order valence-electron chi connectivity index (χ4n) is 1.59. The minimum absolute atomic E-state index is 0.0224. The molecule has 1 N–H and O–H groups in total. The molecule has 0 saturated carbocycles. The van der Waals surface area contributed by atoms with E-state index in [-0.39, 0.29) is 28.8 Å². The van der Waals surface area contributed by atoms with Crippen LogP contribution in [0.25, 0.3) is 0 Å². The summed E-state index contributed by atoms with van der Waals surface area (Å²) in [5.74, 6) is 0. The van der Waals surface area contributed by atoms with Crippen LogP contribution < -0.4 is 0 Å². The Labute approximate surface area is 115 Å². The van der Waals surface area contributed by atoms with Gasteiger partial charge < -0.3 is 5.11 Å². The van der Waals surface area contributed by atoms with Crippen molar-refractivity contribution in [3.63, 3.8) is 0 Å². The second-order valence-corrected chi connectivity index (χ2v) is 6.65. The van der Waals surface area contributed by atoms with Gasteiger partial charge in [0.2, 0.25) is 5.03 Å². The van der Waals surface area contributed by atoms with Crippen molar-refractivity contribution in [2.24, 2.45) is 7.05 Å². The van der Waals surface area contributed by atoms with Gasteiger partial charge in [0, 0.05) is 26.2 Å². The number of rotatable bonds is 6. The van der Waals surface area contributed by atoms with Gasteiger partial charge in [0.15, 0.2) is 4.60 Å². The van der Waals surface area contributed by atoms with Crippen LogP contribution in [0.5, 0.6) is 0 Å². The van der Waals surface area contributed by atoms with Crippen molar-refractivity contribution in [3.8, 4) is 0 Å². The predicted octanol–water partition coefficient (Wildman–Crippen LogP) is 0.359. The van der Waals surface area contributed by atoms with Crippen LogP contribution in [0, 0.1) is 0 Å². The monoisotopic (exact) mass is 340 g/mol. The normalized spacial score (nSPS) is 12.6. The van der Waals surface area contributed by atoms with E-state index in [1.165, 1.54) is 16.0 Å². The summed E-state index contributed by atoms with van der Waals surface area (Å²) in [6, 6.07) is -0.205. The Morgan fingerprint density at radius 1 is 1.50 bits per heavy atom. The van der Waals surface area contributed by atoms with E-state index in [0.29, 0.717) is 6.42 Å². The molecule has 0 aromatic carbocycles. The third-order valence-electron chi connectivity index (χ3n) is 2.40. The Bertz CT molecular complexity index is 480. The van der Waals surface area contributed by atoms with Crippen molar-refractivity contribution in [2.75, 3.05) is 13.2 Å². The third-order valence-corrected chi connectivity index (χ3v) is 5.37. The lowest BCUT2D eigenvalue weighted by Crippen LogP contribution is -2.39. The zero-order chi connectivity index (χ0) is 13.9. The Hall–Kier alpha value is -0.510. The number of aliphatic hydroxyl groups is 1. The third kappa shape index (κ3) is 3.08. The first kappa shape index (κ1) is 15.5. The van der Waals surface area contributed by atoms with E-state index in [2.05, 4.69) is 26.2 Å². The molecule has 0 aliphatic carbocycles. The van der Waals surface area contributed by atoms with Crippen LogP contribution in [0.15, 0.2) is 9.63 Å². The molecular weight excluding hydrogens is 324 g/mol. The van der Waals surface area contributed by atoms with Gasteiger partial charge in [0.25, 0.3) is 10.0 Å². The van der Waals surface area contributed by atoms with Crippen LogP contribution in [0.1, 0.15) is 20.3 Å². The molecule has 0 aliphatic rings. The molecule has 0 radical (unpaired) electrons. The predicted molar refractivity (Wildman–Crippen MR) is 69.4 cm³/mol. The molecule has 0 fully saturated rings. The molecule has 1 aromatic rings. The molecular formula is C9H17BrN4O3S. The molecule has 0 aliphatic heterocycles. The lowest BCUT2D eigenvalue weighted by molar-refractivity contribution is 0.258. The molecule has 0 atom stereocenters. The maximum absolute atomic E-state index is 12.5. The summed E-state index contributed by atoms with van der Waals surface area (Å²) < 4.78 is 27.7. The molecule has 1 rings (SSSR count). The van der Waals surface area contributed by atoms with E-state index in [0.717, 1.165) is 0 Å². The van der Waals surface area contributed by atoms with E-state index < -0.39 is 10.0 Å².